The van der Waals surface area contributed by atoms with Crippen LogP contribution in [0.4, 0.5) is 10.5 Å². The van der Waals surface area contributed by atoms with Gasteiger partial charge in [-0.2, -0.15) is 5.26 Å². The molecule has 132 valence electrons. The van der Waals surface area contributed by atoms with Gasteiger partial charge in [0.25, 0.3) is 0 Å². The molecule has 0 aliphatic rings. The van der Waals surface area contributed by atoms with Gasteiger partial charge in [0.15, 0.2) is 15.6 Å². The van der Waals surface area contributed by atoms with E-state index < -0.39 is 36.9 Å². The number of nitrogens with one attached hydrogen (secondary N) is 1. The normalized spacial score (nSPS) is 12.4. The second kappa shape index (κ2) is 6.32. The highest BCUT2D eigenvalue weighted by Gasteiger charge is 2.36. The average Bonchev–Trinajstić information content (AvgIpc) is 2.36. The van der Waals surface area contributed by atoms with E-state index in [9.17, 15) is 18.3 Å². The van der Waals surface area contributed by atoms with Crippen LogP contribution in [0.3, 0.4) is 0 Å². The highest BCUT2D eigenvalue weighted by Crippen LogP contribution is 2.38. The minimum Gasteiger partial charge on any atom is -0.504 e. The van der Waals surface area contributed by atoms with Crippen molar-refractivity contribution in [2.75, 3.05) is 5.32 Å². The molecular weight excluding hydrogens is 332 g/mol. The Morgan fingerprint density at radius 2 is 1.75 bits per heavy atom. The zero-order chi connectivity index (χ0) is 18.9. The summed E-state index contributed by atoms with van der Waals surface area (Å²) in [6, 6.07) is 4.23. The van der Waals surface area contributed by atoms with E-state index in [0.29, 0.717) is 0 Å². The molecule has 2 N–H and O–H groups in total. The van der Waals surface area contributed by atoms with Crippen molar-refractivity contribution in [2.45, 2.75) is 56.8 Å². The number of carbonyl (C=O) groups excluding carboxylic acids is 1. The maximum absolute atomic E-state index is 12.7. The topological polar surface area (TPSA) is 116 Å². The molecule has 0 heterocycles. The lowest BCUT2D eigenvalue weighted by atomic mass is 10.2. The van der Waals surface area contributed by atoms with Gasteiger partial charge in [-0.05, 0) is 53.7 Å². The summed E-state index contributed by atoms with van der Waals surface area (Å²) in [5, 5.41) is 21.8. The molecule has 0 radical (unpaired) electrons. The van der Waals surface area contributed by atoms with Crippen LogP contribution in [0, 0.1) is 11.3 Å². The Labute approximate surface area is 142 Å². The lowest BCUT2D eigenvalue weighted by Gasteiger charge is -2.23. The van der Waals surface area contributed by atoms with Crippen LogP contribution in [-0.4, -0.2) is 30.0 Å². The van der Waals surface area contributed by atoms with Gasteiger partial charge in [-0.15, -0.1) is 0 Å². The van der Waals surface area contributed by atoms with Crippen LogP contribution < -0.4 is 5.32 Å². The minimum atomic E-state index is -4.01. The van der Waals surface area contributed by atoms with Crippen molar-refractivity contribution in [3.05, 3.63) is 17.7 Å². The van der Waals surface area contributed by atoms with Crippen LogP contribution in [0.15, 0.2) is 17.0 Å². The van der Waals surface area contributed by atoms with Crippen LogP contribution >= 0.6 is 0 Å². The largest absolute Gasteiger partial charge is 0.504 e. The summed E-state index contributed by atoms with van der Waals surface area (Å²) in [4.78, 5) is 11.3. The first-order chi connectivity index (χ1) is 10.7. The molecule has 0 aliphatic carbocycles. The molecule has 1 rings (SSSR count). The third-order valence-electron chi connectivity index (χ3n) is 2.96. The molecule has 0 fully saturated rings. The van der Waals surface area contributed by atoms with E-state index in [0.717, 1.165) is 0 Å². The maximum atomic E-state index is 12.7. The van der Waals surface area contributed by atoms with Crippen molar-refractivity contribution in [1.82, 2.24) is 0 Å². The van der Waals surface area contributed by atoms with Gasteiger partial charge in [-0.1, -0.05) is 0 Å². The first-order valence-electron chi connectivity index (χ1n) is 7.21. The number of nitriles is 1. The summed E-state index contributed by atoms with van der Waals surface area (Å²) >= 11 is 0. The Bertz CT molecular complexity index is 793. The number of sulfone groups is 1. The van der Waals surface area contributed by atoms with Crippen molar-refractivity contribution in [3.63, 3.8) is 0 Å². The van der Waals surface area contributed by atoms with Gasteiger partial charge in [0.1, 0.15) is 16.6 Å². The van der Waals surface area contributed by atoms with E-state index in [2.05, 4.69) is 5.32 Å². The number of hydrogen-bond acceptors (Lipinski definition) is 6. The molecule has 24 heavy (non-hydrogen) atoms. The predicted octanol–water partition coefficient (Wildman–Crippen LogP) is 3.18. The van der Waals surface area contributed by atoms with Crippen molar-refractivity contribution in [2.24, 2.45) is 0 Å². The van der Waals surface area contributed by atoms with E-state index in [4.69, 9.17) is 10.00 Å². The van der Waals surface area contributed by atoms with E-state index in [1.54, 1.807) is 26.8 Å². The number of hydrogen-bond donors (Lipinski definition) is 2. The van der Waals surface area contributed by atoms with E-state index in [-0.39, 0.29) is 11.3 Å². The van der Waals surface area contributed by atoms with Gasteiger partial charge in [0.2, 0.25) is 0 Å². The number of ether oxygens (including phenoxy) is 1. The van der Waals surface area contributed by atoms with Gasteiger partial charge in [0.05, 0.1) is 16.0 Å². The molecule has 0 aliphatic heterocycles. The molecule has 0 aromatic heterocycles. The molecule has 0 bridgehead atoms. The minimum absolute atomic E-state index is 0.147. The average molecular weight is 354 g/mol. The third kappa shape index (κ3) is 4.17. The highest BCUT2D eigenvalue weighted by molar-refractivity contribution is 7.93. The highest BCUT2D eigenvalue weighted by atomic mass is 32.2. The molecule has 1 amide bonds. The molecule has 1 aromatic rings. The number of carbonyl (C=O) groups is 1. The van der Waals surface area contributed by atoms with E-state index >= 15 is 0 Å². The number of aromatic hydroxyl groups is 1. The van der Waals surface area contributed by atoms with Gasteiger partial charge in [0, 0.05) is 0 Å². The van der Waals surface area contributed by atoms with Crippen molar-refractivity contribution in [1.29, 1.82) is 5.26 Å². The summed E-state index contributed by atoms with van der Waals surface area (Å²) in [5.74, 6) is -0.685. The Morgan fingerprint density at radius 1 is 1.21 bits per heavy atom. The Morgan fingerprint density at radius 3 is 2.17 bits per heavy atom. The monoisotopic (exact) mass is 354 g/mol. The van der Waals surface area contributed by atoms with Crippen molar-refractivity contribution in [3.8, 4) is 11.8 Å². The van der Waals surface area contributed by atoms with Gasteiger partial charge >= 0.3 is 6.09 Å². The fourth-order valence-electron chi connectivity index (χ4n) is 1.75. The number of nitrogens with zero attached hydrogens (tertiary/aromatic N) is 1. The second-order valence-electron chi connectivity index (χ2n) is 7.19. The molecule has 8 heteroatoms. The fraction of sp³-hybridized carbons (Fsp3) is 0.500. The lowest BCUT2D eigenvalue weighted by Crippen LogP contribution is -2.29. The number of phenols is 1. The molecule has 1 aromatic carbocycles. The third-order valence-corrected chi connectivity index (χ3v) is 5.53. The van der Waals surface area contributed by atoms with E-state index in [1.165, 1.54) is 32.9 Å². The summed E-state index contributed by atoms with van der Waals surface area (Å²) in [7, 11) is -4.01. The smallest absolute Gasteiger partial charge is 0.412 e. The summed E-state index contributed by atoms with van der Waals surface area (Å²) in [5.41, 5.74) is -1.10. The first kappa shape index (κ1) is 19.8. The first-order valence-corrected chi connectivity index (χ1v) is 8.70. The van der Waals surface area contributed by atoms with Gasteiger partial charge in [-0.25, -0.2) is 13.2 Å². The molecular formula is C16H22N2O5S. The Kier molecular flexibility index (Phi) is 5.21. The van der Waals surface area contributed by atoms with Gasteiger partial charge < -0.3 is 9.84 Å². The molecule has 0 saturated heterocycles. The van der Waals surface area contributed by atoms with Crippen LogP contribution in [0.5, 0.6) is 5.75 Å². The van der Waals surface area contributed by atoms with Crippen LogP contribution in [-0.2, 0) is 14.6 Å². The predicted molar refractivity (Wildman–Crippen MR) is 89.6 cm³/mol. The summed E-state index contributed by atoms with van der Waals surface area (Å²) < 4.78 is 29.2. The Balaban J connectivity index is 3.44. The number of benzene rings is 1. The summed E-state index contributed by atoms with van der Waals surface area (Å²) in [6.45, 7) is 9.37. The second-order valence-corrected chi connectivity index (χ2v) is 9.83. The van der Waals surface area contributed by atoms with Crippen LogP contribution in [0.25, 0.3) is 0 Å². The Hall–Kier alpha value is -2.27. The molecule has 0 unspecified atom stereocenters. The zero-order valence-corrected chi connectivity index (χ0v) is 15.4. The molecule has 7 nitrogen and oxygen atoms in total. The zero-order valence-electron chi connectivity index (χ0n) is 14.6. The van der Waals surface area contributed by atoms with E-state index in [1.807, 2.05) is 0 Å². The van der Waals surface area contributed by atoms with Crippen LogP contribution in [0.2, 0.25) is 0 Å². The van der Waals surface area contributed by atoms with Gasteiger partial charge in [-0.3, -0.25) is 5.32 Å². The van der Waals surface area contributed by atoms with Crippen molar-refractivity contribution >= 4 is 21.6 Å². The molecule has 0 saturated carbocycles. The number of anilines is 1. The standard InChI is InChI=1S/C16H22N2O5S/c1-15(2,3)23-14(20)18-11-8-7-10(9-17)13(12(11)19)24(21,22)16(4,5)6/h7-8,19H,1-6H3,(H,18,20). The quantitative estimate of drug-likeness (QED) is 0.788. The number of phenolic OH excluding ortho intramolecular Hbond substituents is 1. The molecule has 0 atom stereocenters. The number of amides is 1. The molecule has 0 spiro atoms. The maximum Gasteiger partial charge on any atom is 0.412 e. The van der Waals surface area contributed by atoms with Crippen LogP contribution in [0.1, 0.15) is 47.1 Å². The number of rotatable bonds is 2. The fourth-order valence-corrected chi connectivity index (χ4v) is 3.13. The SMILES string of the molecule is CC(C)(C)OC(=O)Nc1ccc(C#N)c(S(=O)(=O)C(C)(C)C)c1O. The lowest BCUT2D eigenvalue weighted by molar-refractivity contribution is 0.0635. The summed E-state index contributed by atoms with van der Waals surface area (Å²) in [6.07, 6.45) is -0.846. The van der Waals surface area contributed by atoms with Crippen molar-refractivity contribution < 1.29 is 23.1 Å².